The van der Waals surface area contributed by atoms with E-state index in [-0.39, 0.29) is 0 Å². The molecule has 54 valence electrons. The molecule has 0 saturated heterocycles. The lowest BCUT2D eigenvalue weighted by Crippen LogP contribution is -2.11. The Balaban J connectivity index is 2.53. The van der Waals surface area contributed by atoms with Gasteiger partial charge >= 0.3 is 0 Å². The lowest BCUT2D eigenvalue weighted by molar-refractivity contribution is 0.545. The number of fused-ring (bicyclic) bond motifs is 1. The van der Waals surface area contributed by atoms with Crippen LogP contribution in [0.3, 0.4) is 0 Å². The zero-order valence-electron chi connectivity index (χ0n) is 5.53. The van der Waals surface area contributed by atoms with Gasteiger partial charge in [-0.2, -0.15) is 0 Å². The van der Waals surface area contributed by atoms with E-state index in [1.807, 2.05) is 22.8 Å². The van der Waals surface area contributed by atoms with E-state index in [1.165, 1.54) is 4.88 Å². The highest BCUT2D eigenvalue weighted by atomic mass is 32.2. The topological polar surface area (TPSA) is 20.3 Å². The molecule has 0 amide bonds. The van der Waals surface area contributed by atoms with E-state index in [0.717, 1.165) is 11.4 Å². The summed E-state index contributed by atoms with van der Waals surface area (Å²) < 4.78 is 13.1. The van der Waals surface area contributed by atoms with Crippen LogP contribution in [-0.4, -0.2) is 15.6 Å². The van der Waals surface area contributed by atoms with Crippen LogP contribution >= 0.6 is 11.3 Å². The molecule has 1 aliphatic heterocycles. The molecule has 1 aromatic rings. The van der Waals surface area contributed by atoms with Gasteiger partial charge in [0.1, 0.15) is 11.0 Å². The molecule has 2 nitrogen and oxygen atoms in total. The number of thiophene rings is 1. The van der Waals surface area contributed by atoms with Crippen LogP contribution in [0.2, 0.25) is 0 Å². The fourth-order valence-corrected chi connectivity index (χ4v) is 3.40. The molecule has 0 radical (unpaired) electrons. The molecule has 0 N–H and O–H groups in total. The van der Waals surface area contributed by atoms with Crippen LogP contribution in [0.4, 0.5) is 0 Å². The monoisotopic (exact) mass is 173 g/mol. The summed E-state index contributed by atoms with van der Waals surface area (Å²) in [7, 11) is 1.01. The van der Waals surface area contributed by atoms with Crippen molar-refractivity contribution in [1.82, 2.24) is 4.31 Å². The van der Waals surface area contributed by atoms with E-state index in [4.69, 9.17) is 0 Å². The molecule has 1 unspecified atom stereocenters. The lowest BCUT2D eigenvalue weighted by atomic mass is 10.5. The van der Waals surface area contributed by atoms with Crippen LogP contribution in [0.15, 0.2) is 16.3 Å². The summed E-state index contributed by atoms with van der Waals surface area (Å²) in [6.07, 6.45) is 0. The third-order valence-electron chi connectivity index (χ3n) is 1.54. The quantitative estimate of drug-likeness (QED) is 0.577. The average molecular weight is 173 g/mol. The van der Waals surface area contributed by atoms with Gasteiger partial charge in [-0.15, -0.1) is 11.3 Å². The molecule has 0 aromatic carbocycles. The maximum absolute atomic E-state index is 11.3. The molecule has 0 spiro atoms. The van der Waals surface area contributed by atoms with E-state index in [1.54, 1.807) is 11.3 Å². The molecule has 1 aliphatic rings. The minimum atomic E-state index is -0.868. The highest BCUT2D eigenvalue weighted by Gasteiger charge is 2.24. The van der Waals surface area contributed by atoms with Gasteiger partial charge in [0.25, 0.3) is 0 Å². The van der Waals surface area contributed by atoms with Crippen LogP contribution in [-0.2, 0) is 17.5 Å². The lowest BCUT2D eigenvalue weighted by Gasteiger charge is -2.02. The summed E-state index contributed by atoms with van der Waals surface area (Å²) >= 11 is 1.68. The first kappa shape index (κ1) is 6.52. The fraction of sp³-hybridized carbons (Fsp3) is 0.333. The van der Waals surface area contributed by atoms with Gasteiger partial charge in [0.05, 0.1) is 4.90 Å². The summed E-state index contributed by atoms with van der Waals surface area (Å²) in [5, 5.41) is 2.00. The minimum Gasteiger partial charge on any atom is -0.237 e. The number of nitrogens with zero attached hydrogens (tertiary/aromatic N) is 1. The van der Waals surface area contributed by atoms with Crippen molar-refractivity contribution in [3.8, 4) is 0 Å². The number of hydrogen-bond acceptors (Lipinski definition) is 2. The Labute approximate surface area is 66.1 Å². The maximum Gasteiger partial charge on any atom is 0.128 e. The third-order valence-corrected chi connectivity index (χ3v) is 4.03. The Kier molecular flexibility index (Phi) is 1.40. The zero-order valence-corrected chi connectivity index (χ0v) is 7.17. The second-order valence-electron chi connectivity index (χ2n) is 2.24. The molecule has 0 bridgehead atoms. The van der Waals surface area contributed by atoms with Crippen molar-refractivity contribution in [3.05, 3.63) is 16.3 Å². The summed E-state index contributed by atoms with van der Waals surface area (Å²) in [6.45, 7) is 0.847. The number of rotatable bonds is 0. The second kappa shape index (κ2) is 2.15. The van der Waals surface area contributed by atoms with Gasteiger partial charge in [0, 0.05) is 18.5 Å². The molecule has 1 aromatic heterocycles. The van der Waals surface area contributed by atoms with Crippen molar-refractivity contribution < 1.29 is 4.21 Å². The molecular weight excluding hydrogens is 166 g/mol. The van der Waals surface area contributed by atoms with Crippen molar-refractivity contribution in [3.63, 3.8) is 0 Å². The van der Waals surface area contributed by atoms with Gasteiger partial charge in [0.15, 0.2) is 0 Å². The Hall–Kier alpha value is -0.190. The van der Waals surface area contributed by atoms with Crippen molar-refractivity contribution in [2.75, 3.05) is 7.05 Å². The van der Waals surface area contributed by atoms with E-state index in [2.05, 4.69) is 0 Å². The predicted octanol–water partition coefficient (Wildman–Crippen LogP) is 1.22. The Morgan fingerprint density at radius 3 is 3.30 bits per heavy atom. The van der Waals surface area contributed by atoms with Crippen LogP contribution in [0.5, 0.6) is 0 Å². The Bertz CT molecular complexity index is 281. The minimum absolute atomic E-state index is 0.847. The highest BCUT2D eigenvalue weighted by Crippen LogP contribution is 2.29. The maximum atomic E-state index is 11.3. The highest BCUT2D eigenvalue weighted by molar-refractivity contribution is 7.83. The Morgan fingerprint density at radius 1 is 1.80 bits per heavy atom. The smallest absolute Gasteiger partial charge is 0.128 e. The van der Waals surface area contributed by atoms with Crippen LogP contribution in [0.25, 0.3) is 0 Å². The summed E-state index contributed by atoms with van der Waals surface area (Å²) in [4.78, 5) is 2.26. The van der Waals surface area contributed by atoms with Gasteiger partial charge in [-0.25, -0.2) is 8.51 Å². The molecule has 0 saturated carbocycles. The van der Waals surface area contributed by atoms with Crippen LogP contribution in [0.1, 0.15) is 4.88 Å². The molecule has 2 heterocycles. The zero-order chi connectivity index (χ0) is 7.14. The van der Waals surface area contributed by atoms with E-state index >= 15 is 0 Å². The summed E-state index contributed by atoms with van der Waals surface area (Å²) in [5.74, 6) is 0. The van der Waals surface area contributed by atoms with Gasteiger partial charge in [0.2, 0.25) is 0 Å². The first-order chi connectivity index (χ1) is 4.79. The fourth-order valence-electron chi connectivity index (χ4n) is 1.03. The van der Waals surface area contributed by atoms with Gasteiger partial charge in [-0.3, -0.25) is 0 Å². The molecule has 2 rings (SSSR count). The largest absolute Gasteiger partial charge is 0.237 e. The number of hydrogen-bond donors (Lipinski definition) is 0. The van der Waals surface area contributed by atoms with Crippen molar-refractivity contribution in [2.24, 2.45) is 0 Å². The summed E-state index contributed by atoms with van der Waals surface area (Å²) in [5.41, 5.74) is 0. The van der Waals surface area contributed by atoms with Crippen LogP contribution in [0, 0.1) is 0 Å². The average Bonchev–Trinajstić information content (AvgIpc) is 2.41. The molecular formula is C6H7NOS2. The van der Waals surface area contributed by atoms with Gasteiger partial charge < -0.3 is 0 Å². The summed E-state index contributed by atoms with van der Waals surface area (Å²) in [6, 6.07) is 1.94. The SMILES string of the molecule is CN1Cc2sccc2S1=O. The first-order valence-corrected chi connectivity index (χ1v) is 4.97. The van der Waals surface area contributed by atoms with E-state index in [0.29, 0.717) is 0 Å². The van der Waals surface area contributed by atoms with Crippen LogP contribution < -0.4 is 0 Å². The van der Waals surface area contributed by atoms with Crippen molar-refractivity contribution in [2.45, 2.75) is 11.4 Å². The standard InChI is InChI=1S/C6H7NOS2/c1-7-4-5-6(10(7)8)2-3-9-5/h2-3H,4H2,1H3. The third kappa shape index (κ3) is 0.761. The molecule has 0 fully saturated rings. The second-order valence-corrected chi connectivity index (χ2v) is 4.81. The predicted molar refractivity (Wildman–Crippen MR) is 42.2 cm³/mol. The van der Waals surface area contributed by atoms with Gasteiger partial charge in [-0.1, -0.05) is 0 Å². The molecule has 1 atom stereocenters. The molecule has 4 heteroatoms. The van der Waals surface area contributed by atoms with Crippen molar-refractivity contribution >= 4 is 22.3 Å². The van der Waals surface area contributed by atoms with E-state index < -0.39 is 11.0 Å². The van der Waals surface area contributed by atoms with Crippen molar-refractivity contribution in [1.29, 1.82) is 0 Å². The molecule has 0 aliphatic carbocycles. The first-order valence-electron chi connectivity index (χ1n) is 2.98. The normalized spacial score (nSPS) is 25.1. The Morgan fingerprint density at radius 2 is 2.60 bits per heavy atom. The van der Waals surface area contributed by atoms with Gasteiger partial charge in [-0.05, 0) is 11.4 Å². The van der Waals surface area contributed by atoms with E-state index in [9.17, 15) is 4.21 Å². The molecule has 10 heavy (non-hydrogen) atoms.